The summed E-state index contributed by atoms with van der Waals surface area (Å²) in [5.41, 5.74) is 1.14. The summed E-state index contributed by atoms with van der Waals surface area (Å²) in [5, 5.41) is 0. The highest BCUT2D eigenvalue weighted by atomic mass is 79.9. The maximum absolute atomic E-state index is 13.0. The lowest BCUT2D eigenvalue weighted by Crippen LogP contribution is -2.27. The van der Waals surface area contributed by atoms with Gasteiger partial charge < -0.3 is 9.80 Å². The number of halogens is 2. The van der Waals surface area contributed by atoms with E-state index in [0.29, 0.717) is 0 Å². The topological polar surface area (TPSA) is 6.48 Å². The van der Waals surface area contributed by atoms with Crippen LogP contribution in [-0.2, 0) is 6.54 Å². The highest BCUT2D eigenvalue weighted by molar-refractivity contribution is 9.10. The van der Waals surface area contributed by atoms with Crippen molar-refractivity contribution in [3.8, 4) is 0 Å². The highest BCUT2D eigenvalue weighted by Crippen LogP contribution is 2.21. The van der Waals surface area contributed by atoms with E-state index in [2.05, 4.69) is 39.8 Å². The Morgan fingerprint density at radius 2 is 2.28 bits per heavy atom. The van der Waals surface area contributed by atoms with E-state index in [1.54, 1.807) is 0 Å². The second-order valence-electron chi connectivity index (χ2n) is 5.35. The van der Waals surface area contributed by atoms with E-state index in [1.165, 1.54) is 31.6 Å². The average Bonchev–Trinajstić information content (AvgIpc) is 2.68. The summed E-state index contributed by atoms with van der Waals surface area (Å²) in [6.45, 7) is 4.36. The summed E-state index contributed by atoms with van der Waals surface area (Å²) >= 11 is 3.42. The number of nitrogens with zero attached hydrogens (tertiary/aromatic N) is 2. The molecule has 18 heavy (non-hydrogen) atoms. The van der Waals surface area contributed by atoms with Gasteiger partial charge in [-0.2, -0.15) is 0 Å². The van der Waals surface area contributed by atoms with Crippen molar-refractivity contribution < 1.29 is 4.39 Å². The van der Waals surface area contributed by atoms with Crippen LogP contribution in [0.15, 0.2) is 22.7 Å². The lowest BCUT2D eigenvalue weighted by Gasteiger charge is -2.21. The first kappa shape index (κ1) is 14.0. The largest absolute Gasteiger partial charge is 0.306 e. The summed E-state index contributed by atoms with van der Waals surface area (Å²) in [6, 6.07) is 4.92. The third-order valence-electron chi connectivity index (χ3n) is 3.51. The summed E-state index contributed by atoms with van der Waals surface area (Å²) in [5.74, 6) is 0.574. The van der Waals surface area contributed by atoms with E-state index in [-0.39, 0.29) is 5.82 Å². The number of rotatable bonds is 4. The van der Waals surface area contributed by atoms with Crippen molar-refractivity contribution in [3.05, 3.63) is 34.1 Å². The number of benzene rings is 1. The molecule has 1 aliphatic rings. The summed E-state index contributed by atoms with van der Waals surface area (Å²) in [4.78, 5) is 4.70. The second-order valence-corrected chi connectivity index (χ2v) is 6.20. The Morgan fingerprint density at radius 1 is 1.50 bits per heavy atom. The molecule has 0 N–H and O–H groups in total. The monoisotopic (exact) mass is 314 g/mol. The smallest absolute Gasteiger partial charge is 0.124 e. The Hall–Kier alpha value is -0.450. The molecule has 0 radical (unpaired) electrons. The summed E-state index contributed by atoms with van der Waals surface area (Å²) in [6.07, 6.45) is 1.28. The van der Waals surface area contributed by atoms with E-state index in [4.69, 9.17) is 0 Å². The number of likely N-dealkylation sites (tertiary alicyclic amines) is 1. The van der Waals surface area contributed by atoms with Crippen LogP contribution in [0.3, 0.4) is 0 Å². The lowest BCUT2D eigenvalue weighted by atomic mass is 10.1. The van der Waals surface area contributed by atoms with Gasteiger partial charge in [-0.1, -0.05) is 22.0 Å². The zero-order valence-corrected chi connectivity index (χ0v) is 12.6. The fraction of sp³-hybridized carbons (Fsp3) is 0.571. The van der Waals surface area contributed by atoms with Crippen LogP contribution >= 0.6 is 15.9 Å². The van der Waals surface area contributed by atoms with Gasteiger partial charge in [-0.25, -0.2) is 4.39 Å². The van der Waals surface area contributed by atoms with E-state index in [1.807, 2.05) is 6.07 Å². The van der Waals surface area contributed by atoms with E-state index < -0.39 is 0 Å². The van der Waals surface area contributed by atoms with Crippen LogP contribution in [0.5, 0.6) is 0 Å². The van der Waals surface area contributed by atoms with Crippen molar-refractivity contribution >= 4 is 15.9 Å². The molecule has 1 aromatic carbocycles. The third-order valence-corrected chi connectivity index (χ3v) is 4.25. The van der Waals surface area contributed by atoms with Gasteiger partial charge in [-0.05, 0) is 50.7 Å². The Kier molecular flexibility index (Phi) is 4.76. The molecule has 1 fully saturated rings. The summed E-state index contributed by atoms with van der Waals surface area (Å²) < 4.78 is 13.9. The molecule has 0 bridgehead atoms. The first-order chi connectivity index (χ1) is 8.54. The van der Waals surface area contributed by atoms with Crippen molar-refractivity contribution in [3.63, 3.8) is 0 Å². The normalized spacial score (nSPS) is 20.8. The molecule has 0 aromatic heterocycles. The predicted molar refractivity (Wildman–Crippen MR) is 76.0 cm³/mol. The van der Waals surface area contributed by atoms with Gasteiger partial charge in [0.15, 0.2) is 0 Å². The molecule has 4 heteroatoms. The van der Waals surface area contributed by atoms with Gasteiger partial charge in [0.2, 0.25) is 0 Å². The van der Waals surface area contributed by atoms with Crippen molar-refractivity contribution in [2.45, 2.75) is 13.0 Å². The molecule has 1 unspecified atom stereocenters. The molecule has 1 aromatic rings. The van der Waals surface area contributed by atoms with Crippen LogP contribution in [0.4, 0.5) is 4.39 Å². The molecule has 1 saturated heterocycles. The summed E-state index contributed by atoms with van der Waals surface area (Å²) in [7, 11) is 4.31. The van der Waals surface area contributed by atoms with Crippen LogP contribution < -0.4 is 0 Å². The third kappa shape index (κ3) is 3.77. The predicted octanol–water partition coefficient (Wildman–Crippen LogP) is 2.97. The van der Waals surface area contributed by atoms with Gasteiger partial charge in [0.25, 0.3) is 0 Å². The number of hydrogen-bond donors (Lipinski definition) is 0. The molecular formula is C14H20BrFN2. The standard InChI is InChI=1S/C14H20BrFN2/c1-17-6-5-11(8-17)9-18(2)10-12-3-4-13(16)7-14(12)15/h3-4,7,11H,5-6,8-10H2,1-2H3. The highest BCUT2D eigenvalue weighted by Gasteiger charge is 2.20. The SMILES string of the molecule is CN1CCC(CN(C)Cc2ccc(F)cc2Br)C1. The zero-order chi connectivity index (χ0) is 13.1. The molecule has 100 valence electrons. The molecule has 2 nitrogen and oxygen atoms in total. The molecule has 1 atom stereocenters. The molecule has 0 amide bonds. The van der Waals surface area contributed by atoms with Gasteiger partial charge in [-0.15, -0.1) is 0 Å². The van der Waals surface area contributed by atoms with Gasteiger partial charge in [-0.3, -0.25) is 0 Å². The van der Waals surface area contributed by atoms with Crippen LogP contribution in [0.25, 0.3) is 0 Å². The Balaban J connectivity index is 1.88. The zero-order valence-electron chi connectivity index (χ0n) is 11.0. The average molecular weight is 315 g/mol. The molecule has 0 saturated carbocycles. The maximum Gasteiger partial charge on any atom is 0.124 e. The number of hydrogen-bond acceptors (Lipinski definition) is 2. The molecule has 1 aliphatic heterocycles. The van der Waals surface area contributed by atoms with Crippen LogP contribution in [0.2, 0.25) is 0 Å². The Morgan fingerprint density at radius 3 is 2.89 bits per heavy atom. The lowest BCUT2D eigenvalue weighted by molar-refractivity contribution is 0.267. The van der Waals surface area contributed by atoms with Gasteiger partial charge >= 0.3 is 0 Å². The van der Waals surface area contributed by atoms with Crippen LogP contribution in [0.1, 0.15) is 12.0 Å². The van der Waals surface area contributed by atoms with Crippen LogP contribution in [0, 0.1) is 11.7 Å². The van der Waals surface area contributed by atoms with Crippen molar-refractivity contribution in [2.75, 3.05) is 33.7 Å². The van der Waals surface area contributed by atoms with Crippen molar-refractivity contribution in [1.82, 2.24) is 9.80 Å². The van der Waals surface area contributed by atoms with E-state index in [0.717, 1.165) is 29.0 Å². The Bertz CT molecular complexity index is 411. The Labute approximate surface area is 117 Å². The second kappa shape index (κ2) is 6.13. The van der Waals surface area contributed by atoms with E-state index in [9.17, 15) is 4.39 Å². The molecule has 0 spiro atoms. The maximum atomic E-state index is 13.0. The van der Waals surface area contributed by atoms with Gasteiger partial charge in [0, 0.05) is 24.1 Å². The van der Waals surface area contributed by atoms with Gasteiger partial charge in [0.05, 0.1) is 0 Å². The van der Waals surface area contributed by atoms with Crippen molar-refractivity contribution in [2.24, 2.45) is 5.92 Å². The van der Waals surface area contributed by atoms with Crippen LogP contribution in [-0.4, -0.2) is 43.5 Å². The molecular weight excluding hydrogens is 295 g/mol. The quantitative estimate of drug-likeness (QED) is 0.843. The first-order valence-electron chi connectivity index (χ1n) is 6.35. The minimum absolute atomic E-state index is 0.189. The fourth-order valence-electron chi connectivity index (χ4n) is 2.62. The molecule has 2 rings (SSSR count). The minimum Gasteiger partial charge on any atom is -0.306 e. The first-order valence-corrected chi connectivity index (χ1v) is 7.15. The van der Waals surface area contributed by atoms with E-state index >= 15 is 0 Å². The molecule has 1 heterocycles. The fourth-order valence-corrected chi connectivity index (χ4v) is 3.10. The molecule has 0 aliphatic carbocycles. The van der Waals surface area contributed by atoms with Crippen molar-refractivity contribution in [1.29, 1.82) is 0 Å². The van der Waals surface area contributed by atoms with Gasteiger partial charge in [0.1, 0.15) is 5.82 Å². The minimum atomic E-state index is -0.189.